The van der Waals surface area contributed by atoms with Crippen molar-refractivity contribution in [3.8, 4) is 0 Å². The maximum atomic E-state index is 12.0. The van der Waals surface area contributed by atoms with Crippen LogP contribution < -0.4 is 0 Å². The van der Waals surface area contributed by atoms with Crippen molar-refractivity contribution >= 4 is 5.97 Å². The summed E-state index contributed by atoms with van der Waals surface area (Å²) >= 11 is 0. The highest BCUT2D eigenvalue weighted by molar-refractivity contribution is 5.69. The highest BCUT2D eigenvalue weighted by Crippen LogP contribution is 2.23. The van der Waals surface area contributed by atoms with Gasteiger partial charge in [-0.05, 0) is 23.7 Å². The van der Waals surface area contributed by atoms with Gasteiger partial charge in [-0.15, -0.1) is 0 Å². The second kappa shape index (κ2) is 18.8. The number of rotatable bonds is 19. The molecule has 5 N–H and O–H groups in total. The summed E-state index contributed by atoms with van der Waals surface area (Å²) in [4.78, 5) is 12.0. The van der Waals surface area contributed by atoms with Crippen molar-refractivity contribution in [3.05, 3.63) is 0 Å². The molecule has 0 aliphatic rings. The maximum Gasteiger partial charge on any atom is 0.306 e. The highest BCUT2D eigenvalue weighted by Gasteiger charge is 2.30. The molecule has 0 aliphatic heterocycles. The molecular weight excluding hydrogens is 396 g/mol. The van der Waals surface area contributed by atoms with Gasteiger partial charge in [-0.3, -0.25) is 4.79 Å². The van der Waals surface area contributed by atoms with Crippen LogP contribution in [-0.2, 0) is 9.53 Å². The van der Waals surface area contributed by atoms with Crippen LogP contribution in [0.1, 0.15) is 98.8 Å². The Bertz CT molecular complexity index is 414. The van der Waals surface area contributed by atoms with Gasteiger partial charge in [0.15, 0.2) is 0 Å². The SMILES string of the molecule is CC(C)CCCC(C)CCCC(C)CCCC(C)CC(=O)OCC(CO)(CO)CO.O. The van der Waals surface area contributed by atoms with Crippen LogP contribution in [0.25, 0.3) is 0 Å². The van der Waals surface area contributed by atoms with Crippen LogP contribution in [0.3, 0.4) is 0 Å². The van der Waals surface area contributed by atoms with E-state index in [1.807, 2.05) is 0 Å². The molecule has 6 nitrogen and oxygen atoms in total. The smallest absolute Gasteiger partial charge is 0.306 e. The van der Waals surface area contributed by atoms with Gasteiger partial charge in [-0.2, -0.15) is 0 Å². The molecule has 0 saturated carbocycles. The van der Waals surface area contributed by atoms with Crippen LogP contribution in [0, 0.1) is 29.1 Å². The van der Waals surface area contributed by atoms with Crippen LogP contribution in [-0.4, -0.2) is 53.2 Å². The number of carbonyl (C=O) groups excluding carboxylic acids is 1. The Morgan fingerprint density at radius 3 is 1.48 bits per heavy atom. The number of ether oxygens (including phenoxy) is 1. The van der Waals surface area contributed by atoms with Gasteiger partial charge in [0.05, 0.1) is 25.2 Å². The zero-order valence-electron chi connectivity index (χ0n) is 20.9. The molecule has 0 radical (unpaired) electrons. The quantitative estimate of drug-likeness (QED) is 0.257. The first kappa shape index (κ1) is 32.5. The van der Waals surface area contributed by atoms with Gasteiger partial charge in [0.2, 0.25) is 0 Å². The number of hydrogen-bond acceptors (Lipinski definition) is 5. The molecule has 0 saturated heterocycles. The van der Waals surface area contributed by atoms with Gasteiger partial charge in [0, 0.05) is 6.42 Å². The average Bonchev–Trinajstić information content (AvgIpc) is 2.69. The summed E-state index contributed by atoms with van der Waals surface area (Å²) in [6.07, 6.45) is 11.6. The van der Waals surface area contributed by atoms with Gasteiger partial charge >= 0.3 is 5.97 Å². The monoisotopic (exact) mass is 448 g/mol. The fourth-order valence-electron chi connectivity index (χ4n) is 3.76. The molecule has 0 aromatic heterocycles. The van der Waals surface area contributed by atoms with Gasteiger partial charge < -0.3 is 25.5 Å². The number of aliphatic hydroxyl groups is 3. The summed E-state index contributed by atoms with van der Waals surface area (Å²) in [5, 5.41) is 27.8. The molecule has 0 rings (SSSR count). The third-order valence-electron chi connectivity index (χ3n) is 6.33. The summed E-state index contributed by atoms with van der Waals surface area (Å²) < 4.78 is 5.18. The Balaban J connectivity index is 0. The van der Waals surface area contributed by atoms with Gasteiger partial charge in [0.25, 0.3) is 0 Å². The lowest BCUT2D eigenvalue weighted by molar-refractivity contribution is -0.152. The first-order chi connectivity index (χ1) is 14.2. The molecule has 31 heavy (non-hydrogen) atoms. The minimum atomic E-state index is -1.15. The normalized spacial score (nSPS) is 14.7. The van der Waals surface area contributed by atoms with Crippen LogP contribution in [0.2, 0.25) is 0 Å². The lowest BCUT2D eigenvalue weighted by Gasteiger charge is -2.26. The van der Waals surface area contributed by atoms with Crippen molar-refractivity contribution in [1.29, 1.82) is 0 Å². The van der Waals surface area contributed by atoms with E-state index >= 15 is 0 Å². The molecule has 0 spiro atoms. The molecule has 0 heterocycles. The second-order valence-corrected chi connectivity index (χ2v) is 10.3. The van der Waals surface area contributed by atoms with Crippen LogP contribution in [0.5, 0.6) is 0 Å². The molecule has 188 valence electrons. The van der Waals surface area contributed by atoms with Crippen molar-refractivity contribution in [3.63, 3.8) is 0 Å². The highest BCUT2D eigenvalue weighted by atomic mass is 16.5. The zero-order valence-corrected chi connectivity index (χ0v) is 20.9. The molecule has 0 bridgehead atoms. The van der Waals surface area contributed by atoms with E-state index in [4.69, 9.17) is 4.74 Å². The Hall–Kier alpha value is -0.690. The van der Waals surface area contributed by atoms with E-state index < -0.39 is 25.2 Å². The number of esters is 1. The number of aliphatic hydroxyl groups excluding tert-OH is 3. The van der Waals surface area contributed by atoms with E-state index in [1.165, 1.54) is 44.9 Å². The first-order valence-corrected chi connectivity index (χ1v) is 12.2. The minimum Gasteiger partial charge on any atom is -0.465 e. The minimum absolute atomic E-state index is 0. The average molecular weight is 449 g/mol. The van der Waals surface area contributed by atoms with E-state index in [2.05, 4.69) is 34.6 Å². The van der Waals surface area contributed by atoms with E-state index in [0.717, 1.165) is 30.6 Å². The zero-order chi connectivity index (χ0) is 23.0. The summed E-state index contributed by atoms with van der Waals surface area (Å²) in [6, 6.07) is 0. The molecule has 0 amide bonds. The van der Waals surface area contributed by atoms with E-state index in [-0.39, 0.29) is 24.0 Å². The predicted octanol–water partition coefficient (Wildman–Crippen LogP) is 4.13. The first-order valence-electron chi connectivity index (χ1n) is 12.2. The standard InChI is InChI=1S/C25H50O5.H2O/c1-20(2)9-6-10-21(3)11-7-12-22(4)13-8-14-23(5)15-24(29)30-19-25(16-26,17-27)18-28;/h20-23,26-28H,6-19H2,1-5H3;1H2. The number of carbonyl (C=O) groups is 1. The Labute approximate surface area is 191 Å². The third-order valence-corrected chi connectivity index (χ3v) is 6.33. The fourth-order valence-corrected chi connectivity index (χ4v) is 3.76. The lowest BCUT2D eigenvalue weighted by atomic mass is 9.90. The van der Waals surface area contributed by atoms with E-state index in [0.29, 0.717) is 6.42 Å². The predicted molar refractivity (Wildman–Crippen MR) is 127 cm³/mol. The topological polar surface area (TPSA) is 118 Å². The summed E-state index contributed by atoms with van der Waals surface area (Å²) in [5.41, 5.74) is -1.15. The molecule has 6 heteroatoms. The second-order valence-electron chi connectivity index (χ2n) is 10.3. The van der Waals surface area contributed by atoms with Crippen molar-refractivity contribution in [1.82, 2.24) is 0 Å². The van der Waals surface area contributed by atoms with Crippen molar-refractivity contribution in [2.45, 2.75) is 98.8 Å². The molecule has 3 unspecified atom stereocenters. The fraction of sp³-hybridized carbons (Fsp3) is 0.960. The van der Waals surface area contributed by atoms with E-state index in [9.17, 15) is 20.1 Å². The molecule has 0 aromatic rings. The Kier molecular flexibility index (Phi) is 19.7. The lowest BCUT2D eigenvalue weighted by Crippen LogP contribution is -2.39. The Morgan fingerprint density at radius 1 is 0.710 bits per heavy atom. The summed E-state index contributed by atoms with van der Waals surface area (Å²) in [7, 11) is 0. The largest absolute Gasteiger partial charge is 0.465 e. The maximum absolute atomic E-state index is 12.0. The van der Waals surface area contributed by atoms with Crippen molar-refractivity contribution in [2.24, 2.45) is 29.1 Å². The van der Waals surface area contributed by atoms with Crippen molar-refractivity contribution < 1.29 is 30.3 Å². The van der Waals surface area contributed by atoms with Crippen molar-refractivity contribution in [2.75, 3.05) is 26.4 Å². The summed E-state index contributed by atoms with van der Waals surface area (Å²) in [6.45, 7) is 9.96. The molecule has 0 aromatic carbocycles. The van der Waals surface area contributed by atoms with Gasteiger partial charge in [-0.1, -0.05) is 92.4 Å². The molecule has 0 aliphatic carbocycles. The van der Waals surface area contributed by atoms with Gasteiger partial charge in [-0.25, -0.2) is 0 Å². The van der Waals surface area contributed by atoms with Crippen LogP contribution in [0.15, 0.2) is 0 Å². The van der Waals surface area contributed by atoms with Crippen LogP contribution >= 0.6 is 0 Å². The third kappa shape index (κ3) is 16.6. The molecule has 0 fully saturated rings. The number of hydrogen-bond donors (Lipinski definition) is 3. The van der Waals surface area contributed by atoms with E-state index in [1.54, 1.807) is 0 Å². The molecule has 3 atom stereocenters. The van der Waals surface area contributed by atoms with Crippen LogP contribution in [0.4, 0.5) is 0 Å². The molecular formula is C25H52O6. The Morgan fingerprint density at radius 2 is 1.10 bits per heavy atom. The van der Waals surface area contributed by atoms with Gasteiger partial charge in [0.1, 0.15) is 6.61 Å². The summed E-state index contributed by atoms with van der Waals surface area (Å²) in [5.74, 6) is 2.30.